The summed E-state index contributed by atoms with van der Waals surface area (Å²) in [6, 6.07) is 8.19. The summed E-state index contributed by atoms with van der Waals surface area (Å²) in [5, 5.41) is 10.7. The molecule has 0 radical (unpaired) electrons. The van der Waals surface area contributed by atoms with Gasteiger partial charge >= 0.3 is 23.5 Å². The molecule has 2 fully saturated rings. The molecule has 0 saturated carbocycles. The van der Waals surface area contributed by atoms with Gasteiger partial charge in [0.05, 0.1) is 12.5 Å². The fourth-order valence-electron chi connectivity index (χ4n) is 3.50. The van der Waals surface area contributed by atoms with Gasteiger partial charge in [0.25, 0.3) is 5.79 Å². The van der Waals surface area contributed by atoms with E-state index in [2.05, 4.69) is 0 Å². The van der Waals surface area contributed by atoms with E-state index in [1.165, 1.54) is 20.8 Å². The Labute approximate surface area is 161 Å². The third-order valence-electron chi connectivity index (χ3n) is 4.67. The van der Waals surface area contributed by atoms with Crippen LogP contribution in [0.5, 0.6) is 0 Å². The molecule has 2 heterocycles. The molecule has 0 aliphatic carbocycles. The van der Waals surface area contributed by atoms with Crippen LogP contribution in [-0.4, -0.2) is 46.8 Å². The van der Waals surface area contributed by atoms with Crippen LogP contribution in [0.1, 0.15) is 39.2 Å². The molecule has 9 heteroatoms. The standard InChI is InChI=1S/C19H22O9/c1-5-24-14(20)13-12(11-9-7-6-8-10-11)19(28-27-18(13,4)23)15(21)25-17(2,3)26-16(19)22/h6-10,12-13,23H,5H2,1-4H3/t12-,13+,18+/m1/s1. The summed E-state index contributed by atoms with van der Waals surface area (Å²) in [4.78, 5) is 48.8. The molecular weight excluding hydrogens is 372 g/mol. The quantitative estimate of drug-likeness (QED) is 0.458. The first kappa shape index (κ1) is 20.2. The summed E-state index contributed by atoms with van der Waals surface area (Å²) in [5.74, 6) is -9.57. The molecule has 0 aromatic heterocycles. The lowest BCUT2D eigenvalue weighted by atomic mass is 9.69. The monoisotopic (exact) mass is 394 g/mol. The summed E-state index contributed by atoms with van der Waals surface area (Å²) in [7, 11) is 0. The Balaban J connectivity index is 2.21. The number of benzene rings is 1. The predicted molar refractivity (Wildman–Crippen MR) is 91.1 cm³/mol. The highest BCUT2D eigenvalue weighted by Crippen LogP contribution is 2.51. The molecule has 1 aromatic rings. The van der Waals surface area contributed by atoms with Gasteiger partial charge in [-0.25, -0.2) is 14.5 Å². The van der Waals surface area contributed by atoms with Gasteiger partial charge in [-0.2, -0.15) is 4.89 Å². The van der Waals surface area contributed by atoms with Gasteiger partial charge in [-0.05, 0) is 19.4 Å². The van der Waals surface area contributed by atoms with E-state index >= 15 is 0 Å². The van der Waals surface area contributed by atoms with Gasteiger partial charge in [0.15, 0.2) is 0 Å². The fourth-order valence-corrected chi connectivity index (χ4v) is 3.50. The third kappa shape index (κ3) is 3.15. The maximum absolute atomic E-state index is 13.0. The zero-order valence-corrected chi connectivity index (χ0v) is 16.0. The van der Waals surface area contributed by atoms with Gasteiger partial charge in [-0.3, -0.25) is 4.79 Å². The summed E-state index contributed by atoms with van der Waals surface area (Å²) >= 11 is 0. The minimum absolute atomic E-state index is 0.0166. The van der Waals surface area contributed by atoms with E-state index in [9.17, 15) is 19.5 Å². The Hall–Kier alpha value is -2.49. The molecule has 28 heavy (non-hydrogen) atoms. The first-order valence-corrected chi connectivity index (χ1v) is 8.83. The number of esters is 3. The molecule has 3 atom stereocenters. The number of carbonyl (C=O) groups is 3. The van der Waals surface area contributed by atoms with Crippen LogP contribution in [-0.2, 0) is 38.4 Å². The van der Waals surface area contributed by atoms with E-state index in [0.717, 1.165) is 0 Å². The van der Waals surface area contributed by atoms with Crippen LogP contribution in [0.3, 0.4) is 0 Å². The lowest BCUT2D eigenvalue weighted by molar-refractivity contribution is -0.487. The van der Waals surface area contributed by atoms with E-state index < -0.39 is 46.9 Å². The van der Waals surface area contributed by atoms with Crippen molar-refractivity contribution in [1.29, 1.82) is 0 Å². The molecule has 0 amide bonds. The zero-order chi connectivity index (χ0) is 20.7. The van der Waals surface area contributed by atoms with Crippen molar-refractivity contribution in [3.63, 3.8) is 0 Å². The summed E-state index contributed by atoms with van der Waals surface area (Å²) in [6.07, 6.45) is 0. The van der Waals surface area contributed by atoms with Crippen LogP contribution < -0.4 is 0 Å². The van der Waals surface area contributed by atoms with Crippen molar-refractivity contribution in [2.75, 3.05) is 6.61 Å². The van der Waals surface area contributed by atoms with Crippen molar-refractivity contribution in [1.82, 2.24) is 0 Å². The van der Waals surface area contributed by atoms with E-state index in [0.29, 0.717) is 5.56 Å². The number of cyclic esters (lactones) is 2. The van der Waals surface area contributed by atoms with Gasteiger partial charge in [-0.15, -0.1) is 0 Å². The minimum Gasteiger partial charge on any atom is -0.466 e. The highest BCUT2D eigenvalue weighted by Gasteiger charge is 2.72. The van der Waals surface area contributed by atoms with Crippen LogP contribution in [0.25, 0.3) is 0 Å². The molecule has 2 aliphatic heterocycles. The number of aliphatic hydroxyl groups is 1. The van der Waals surface area contributed by atoms with Crippen molar-refractivity contribution in [3.05, 3.63) is 35.9 Å². The van der Waals surface area contributed by atoms with Crippen LogP contribution >= 0.6 is 0 Å². The van der Waals surface area contributed by atoms with Gasteiger partial charge in [0.2, 0.25) is 5.79 Å². The lowest BCUT2D eigenvalue weighted by Crippen LogP contribution is -2.70. The van der Waals surface area contributed by atoms with Crippen LogP contribution in [0.2, 0.25) is 0 Å². The normalized spacial score (nSPS) is 31.0. The number of ether oxygens (including phenoxy) is 3. The Morgan fingerprint density at radius 2 is 1.64 bits per heavy atom. The second-order valence-electron chi connectivity index (χ2n) is 7.25. The first-order valence-electron chi connectivity index (χ1n) is 8.83. The summed E-state index contributed by atoms with van der Waals surface area (Å²) in [5.41, 5.74) is -2.09. The first-order chi connectivity index (χ1) is 13.0. The SMILES string of the molecule is CCOC(=O)[C@@H]1[C@@H](c2ccccc2)C2(OO[C@]1(C)O)C(=O)OC(C)(C)OC2=O. The van der Waals surface area contributed by atoms with E-state index in [-0.39, 0.29) is 6.61 Å². The smallest absolute Gasteiger partial charge is 0.357 e. The summed E-state index contributed by atoms with van der Waals surface area (Å²) in [6.45, 7) is 5.56. The highest BCUT2D eigenvalue weighted by atomic mass is 17.2. The minimum atomic E-state index is -2.45. The van der Waals surface area contributed by atoms with Crippen molar-refractivity contribution in [2.24, 2.45) is 5.92 Å². The van der Waals surface area contributed by atoms with Gasteiger partial charge in [-0.1, -0.05) is 30.3 Å². The number of hydrogen-bond donors (Lipinski definition) is 1. The maximum atomic E-state index is 13.0. The Kier molecular flexibility index (Phi) is 4.95. The van der Waals surface area contributed by atoms with E-state index in [1.54, 1.807) is 37.3 Å². The molecule has 2 saturated heterocycles. The molecule has 2 aliphatic rings. The second-order valence-corrected chi connectivity index (χ2v) is 7.25. The molecule has 1 N–H and O–H groups in total. The van der Waals surface area contributed by atoms with Crippen molar-refractivity contribution in [2.45, 2.75) is 50.8 Å². The molecular formula is C19H22O9. The molecule has 1 spiro atoms. The second kappa shape index (κ2) is 6.84. The summed E-state index contributed by atoms with van der Waals surface area (Å²) < 4.78 is 15.5. The molecule has 3 rings (SSSR count). The topological polar surface area (TPSA) is 118 Å². The van der Waals surface area contributed by atoms with Crippen LogP contribution in [0.4, 0.5) is 0 Å². The van der Waals surface area contributed by atoms with Crippen LogP contribution in [0.15, 0.2) is 30.3 Å². The molecule has 0 bridgehead atoms. The maximum Gasteiger partial charge on any atom is 0.357 e. The Morgan fingerprint density at radius 3 is 2.18 bits per heavy atom. The molecule has 1 aromatic carbocycles. The third-order valence-corrected chi connectivity index (χ3v) is 4.67. The molecule has 0 unspecified atom stereocenters. The largest absolute Gasteiger partial charge is 0.466 e. The lowest BCUT2D eigenvalue weighted by Gasteiger charge is -2.50. The predicted octanol–water partition coefficient (Wildman–Crippen LogP) is 1.19. The van der Waals surface area contributed by atoms with Crippen molar-refractivity contribution < 1.29 is 43.5 Å². The van der Waals surface area contributed by atoms with Gasteiger partial charge < -0.3 is 19.3 Å². The van der Waals surface area contributed by atoms with Gasteiger partial charge in [0.1, 0.15) is 5.92 Å². The fraction of sp³-hybridized carbons (Fsp3) is 0.526. The van der Waals surface area contributed by atoms with Crippen molar-refractivity contribution in [3.8, 4) is 0 Å². The average Bonchev–Trinajstić information content (AvgIpc) is 2.59. The highest BCUT2D eigenvalue weighted by molar-refractivity contribution is 6.07. The number of rotatable bonds is 3. The molecule has 9 nitrogen and oxygen atoms in total. The Bertz CT molecular complexity index is 764. The number of hydrogen-bond acceptors (Lipinski definition) is 9. The number of carbonyl (C=O) groups excluding carboxylic acids is 3. The average molecular weight is 394 g/mol. The zero-order valence-electron chi connectivity index (χ0n) is 16.0. The van der Waals surface area contributed by atoms with Crippen LogP contribution in [0, 0.1) is 5.92 Å². The Morgan fingerprint density at radius 1 is 1.07 bits per heavy atom. The molecule has 152 valence electrons. The van der Waals surface area contributed by atoms with Crippen molar-refractivity contribution >= 4 is 17.9 Å². The van der Waals surface area contributed by atoms with Gasteiger partial charge in [0, 0.05) is 13.8 Å². The van der Waals surface area contributed by atoms with E-state index in [1.807, 2.05) is 0 Å². The van der Waals surface area contributed by atoms with E-state index in [4.69, 9.17) is 24.0 Å².